The molecule has 2 fully saturated rings. The molecule has 2 aliphatic heterocycles. The van der Waals surface area contributed by atoms with Gasteiger partial charge in [-0.1, -0.05) is 30.3 Å². The van der Waals surface area contributed by atoms with Gasteiger partial charge < -0.3 is 19.9 Å². The summed E-state index contributed by atoms with van der Waals surface area (Å²) < 4.78 is 5.04. The minimum absolute atomic E-state index is 0.135. The van der Waals surface area contributed by atoms with Crippen LogP contribution < -0.4 is 15.1 Å². The minimum Gasteiger partial charge on any atom is -0.450 e. The van der Waals surface area contributed by atoms with Gasteiger partial charge in [-0.15, -0.1) is 0 Å². The van der Waals surface area contributed by atoms with Crippen LogP contribution in [-0.4, -0.2) is 75.4 Å². The molecule has 0 bridgehead atoms. The molecule has 2 heterocycles. The topological polar surface area (TPSA) is 67.5 Å². The summed E-state index contributed by atoms with van der Waals surface area (Å²) in [7, 11) is 0. The highest BCUT2D eigenvalue weighted by Crippen LogP contribution is 2.01. The van der Waals surface area contributed by atoms with Crippen molar-refractivity contribution in [3.63, 3.8) is 0 Å². The van der Waals surface area contributed by atoms with Crippen molar-refractivity contribution in [3.8, 4) is 0 Å². The van der Waals surface area contributed by atoms with Crippen molar-refractivity contribution in [1.82, 2.24) is 10.2 Å². The average molecular weight is 391 g/mol. The molecular weight excluding hydrogens is 356 g/mol. The Morgan fingerprint density at radius 3 is 2.39 bits per heavy atom. The largest absolute Gasteiger partial charge is 0.450 e. The summed E-state index contributed by atoms with van der Waals surface area (Å²) >= 11 is 0. The number of quaternary nitrogens is 2. The van der Waals surface area contributed by atoms with Crippen LogP contribution in [0.3, 0.4) is 0 Å². The summed E-state index contributed by atoms with van der Waals surface area (Å²) in [5, 5.41) is 3.23. The predicted octanol–water partition coefficient (Wildman–Crippen LogP) is -1.29. The van der Waals surface area contributed by atoms with Crippen LogP contribution in [-0.2, 0) is 16.1 Å². The van der Waals surface area contributed by atoms with Gasteiger partial charge >= 0.3 is 6.09 Å². The van der Waals surface area contributed by atoms with Crippen molar-refractivity contribution in [3.05, 3.63) is 35.9 Å². The number of likely N-dealkylation sites (tertiary alicyclic amines) is 1. The predicted molar refractivity (Wildman–Crippen MR) is 106 cm³/mol. The van der Waals surface area contributed by atoms with Crippen molar-refractivity contribution in [2.24, 2.45) is 0 Å². The van der Waals surface area contributed by atoms with E-state index in [1.54, 1.807) is 9.80 Å². The number of benzene rings is 1. The summed E-state index contributed by atoms with van der Waals surface area (Å²) in [4.78, 5) is 28.7. The molecule has 2 amide bonds. The van der Waals surface area contributed by atoms with Crippen molar-refractivity contribution >= 4 is 12.0 Å². The van der Waals surface area contributed by atoms with E-state index in [0.29, 0.717) is 32.3 Å². The first-order chi connectivity index (χ1) is 13.6. The third-order valence-electron chi connectivity index (χ3n) is 5.76. The second kappa shape index (κ2) is 10.4. The van der Waals surface area contributed by atoms with E-state index in [0.717, 1.165) is 45.6 Å². The molecular formula is C21H34N4O3+2. The van der Waals surface area contributed by atoms with Crippen molar-refractivity contribution in [2.75, 3.05) is 52.4 Å². The Labute approximate surface area is 167 Å². The van der Waals surface area contributed by atoms with Gasteiger partial charge in [0.05, 0.1) is 45.9 Å². The molecule has 0 atom stereocenters. The Kier molecular flexibility index (Phi) is 7.68. The molecule has 0 saturated carbocycles. The van der Waals surface area contributed by atoms with Gasteiger partial charge in [0.15, 0.2) is 6.54 Å². The summed E-state index contributed by atoms with van der Waals surface area (Å²) in [6.45, 7) is 8.89. The molecule has 2 saturated heterocycles. The summed E-state index contributed by atoms with van der Waals surface area (Å²) in [6.07, 6.45) is 1.84. The molecule has 7 heteroatoms. The van der Waals surface area contributed by atoms with Crippen LogP contribution in [0.5, 0.6) is 0 Å². The fourth-order valence-electron chi connectivity index (χ4n) is 4.13. The first-order valence-corrected chi connectivity index (χ1v) is 10.6. The van der Waals surface area contributed by atoms with Crippen LogP contribution in [0.15, 0.2) is 30.3 Å². The first kappa shape index (κ1) is 20.6. The van der Waals surface area contributed by atoms with Gasteiger partial charge in [0.25, 0.3) is 5.91 Å². The highest BCUT2D eigenvalue weighted by Gasteiger charge is 2.28. The van der Waals surface area contributed by atoms with Crippen LogP contribution in [0.1, 0.15) is 25.3 Å². The fraction of sp³-hybridized carbons (Fsp3) is 0.619. The van der Waals surface area contributed by atoms with E-state index in [9.17, 15) is 9.59 Å². The van der Waals surface area contributed by atoms with Gasteiger partial charge in [-0.05, 0) is 6.92 Å². The number of piperidine rings is 1. The van der Waals surface area contributed by atoms with Crippen molar-refractivity contribution < 1.29 is 24.1 Å². The zero-order valence-electron chi connectivity index (χ0n) is 16.9. The summed E-state index contributed by atoms with van der Waals surface area (Å²) in [6, 6.07) is 10.9. The lowest BCUT2D eigenvalue weighted by atomic mass is 10.0. The number of hydrogen-bond donors (Lipinski definition) is 3. The second-order valence-electron chi connectivity index (χ2n) is 7.87. The van der Waals surface area contributed by atoms with Gasteiger partial charge in [-0.2, -0.15) is 0 Å². The Balaban J connectivity index is 1.32. The lowest BCUT2D eigenvalue weighted by Crippen LogP contribution is -3.16. The normalized spacial score (nSPS) is 23.2. The molecule has 1 aromatic carbocycles. The number of amides is 2. The second-order valence-corrected chi connectivity index (χ2v) is 7.87. The fourth-order valence-corrected chi connectivity index (χ4v) is 4.13. The van der Waals surface area contributed by atoms with E-state index in [-0.39, 0.29) is 12.0 Å². The standard InChI is InChI=1S/C21H32N4O3/c1-2-28-21(27)25-14-12-24(13-15-25)17-20(26)22-19-8-10-23(11-9-19)16-18-6-4-3-5-7-18/h3-7,19H,2,8-17H2,1H3,(H,22,26)/p+2. The molecule has 3 rings (SSSR count). The Morgan fingerprint density at radius 2 is 1.75 bits per heavy atom. The smallest absolute Gasteiger partial charge is 0.410 e. The molecule has 0 aliphatic carbocycles. The first-order valence-electron chi connectivity index (χ1n) is 10.6. The van der Waals surface area contributed by atoms with Gasteiger partial charge in [0.1, 0.15) is 6.54 Å². The third kappa shape index (κ3) is 6.21. The van der Waals surface area contributed by atoms with E-state index in [2.05, 4.69) is 35.6 Å². The van der Waals surface area contributed by atoms with Gasteiger partial charge in [0.2, 0.25) is 0 Å². The number of carbonyl (C=O) groups is 2. The zero-order valence-corrected chi connectivity index (χ0v) is 16.9. The van der Waals surface area contributed by atoms with Crippen LogP contribution in [0, 0.1) is 0 Å². The molecule has 0 radical (unpaired) electrons. The number of ether oxygens (including phenoxy) is 1. The molecule has 1 aromatic rings. The number of carbonyl (C=O) groups excluding carboxylic acids is 2. The van der Waals surface area contributed by atoms with Crippen LogP contribution in [0.4, 0.5) is 4.79 Å². The average Bonchev–Trinajstić information content (AvgIpc) is 2.71. The zero-order chi connectivity index (χ0) is 19.8. The van der Waals surface area contributed by atoms with Crippen molar-refractivity contribution in [1.29, 1.82) is 0 Å². The molecule has 3 N–H and O–H groups in total. The molecule has 2 aliphatic rings. The highest BCUT2D eigenvalue weighted by atomic mass is 16.6. The van der Waals surface area contributed by atoms with E-state index in [1.807, 2.05) is 6.92 Å². The Bertz CT molecular complexity index is 624. The lowest BCUT2D eigenvalue weighted by molar-refractivity contribution is -0.918. The molecule has 28 heavy (non-hydrogen) atoms. The van der Waals surface area contributed by atoms with Gasteiger partial charge in [-0.25, -0.2) is 4.79 Å². The lowest BCUT2D eigenvalue weighted by Gasteiger charge is -2.32. The molecule has 0 unspecified atom stereocenters. The molecule has 0 spiro atoms. The molecule has 7 nitrogen and oxygen atoms in total. The maximum atomic E-state index is 12.4. The minimum atomic E-state index is -0.240. The highest BCUT2D eigenvalue weighted by molar-refractivity contribution is 5.77. The maximum absolute atomic E-state index is 12.4. The van der Waals surface area contributed by atoms with E-state index >= 15 is 0 Å². The van der Waals surface area contributed by atoms with Gasteiger partial charge in [-0.3, -0.25) is 9.69 Å². The SMILES string of the molecule is CCOC(=O)N1CC[NH+](CC(=O)NC2CC[NH+](Cc3ccccc3)CC2)CC1. The summed E-state index contributed by atoms with van der Waals surface area (Å²) in [5.41, 5.74) is 1.38. The number of nitrogens with zero attached hydrogens (tertiary/aromatic N) is 1. The Hall–Kier alpha value is -2.12. The van der Waals surface area contributed by atoms with Crippen LogP contribution in [0.25, 0.3) is 0 Å². The van der Waals surface area contributed by atoms with Crippen LogP contribution >= 0.6 is 0 Å². The quantitative estimate of drug-likeness (QED) is 0.566. The number of piperazine rings is 1. The number of hydrogen-bond acceptors (Lipinski definition) is 3. The van der Waals surface area contributed by atoms with E-state index in [4.69, 9.17) is 4.74 Å². The monoisotopic (exact) mass is 390 g/mol. The maximum Gasteiger partial charge on any atom is 0.410 e. The van der Waals surface area contributed by atoms with E-state index < -0.39 is 0 Å². The Morgan fingerprint density at radius 1 is 1.07 bits per heavy atom. The number of rotatable bonds is 6. The van der Waals surface area contributed by atoms with Gasteiger partial charge in [0, 0.05) is 24.4 Å². The molecule has 0 aromatic heterocycles. The number of nitrogens with one attached hydrogen (secondary N) is 3. The van der Waals surface area contributed by atoms with Crippen LogP contribution in [0.2, 0.25) is 0 Å². The third-order valence-corrected chi connectivity index (χ3v) is 5.76. The summed E-state index contributed by atoms with van der Waals surface area (Å²) in [5.74, 6) is 0.135. The molecule has 154 valence electrons. The van der Waals surface area contributed by atoms with E-state index in [1.165, 1.54) is 10.5 Å². The van der Waals surface area contributed by atoms with Crippen molar-refractivity contribution in [2.45, 2.75) is 32.4 Å².